The van der Waals surface area contributed by atoms with Gasteiger partial charge in [0.05, 0.1) is 11.2 Å². The molecular weight excluding hydrogens is 354 g/mol. The van der Waals surface area contributed by atoms with Gasteiger partial charge < -0.3 is 10.6 Å². The van der Waals surface area contributed by atoms with Gasteiger partial charge in [-0.1, -0.05) is 24.3 Å². The van der Waals surface area contributed by atoms with E-state index in [1.807, 2.05) is 61.7 Å². The highest BCUT2D eigenvalue weighted by Crippen LogP contribution is 2.11. The van der Waals surface area contributed by atoms with Crippen molar-refractivity contribution in [2.45, 2.75) is 6.92 Å². The van der Waals surface area contributed by atoms with Gasteiger partial charge in [-0.05, 0) is 37.3 Å². The minimum absolute atomic E-state index is 0.206. The van der Waals surface area contributed by atoms with E-state index >= 15 is 0 Å². The fraction of sp³-hybridized carbons (Fsp3) is 0.150. The molecule has 0 fully saturated rings. The Bertz CT molecular complexity index is 1100. The summed E-state index contributed by atoms with van der Waals surface area (Å²) in [6.45, 7) is 2.88. The van der Waals surface area contributed by atoms with E-state index in [1.54, 1.807) is 10.7 Å². The quantitative estimate of drug-likeness (QED) is 0.504. The SMILES string of the molecule is Cc1ccn(-c2ccc(NCCNC(=O)c3ccc4ccccc4n3)nn2)n1. The molecule has 0 saturated heterocycles. The first-order valence-electron chi connectivity index (χ1n) is 8.93. The zero-order valence-corrected chi connectivity index (χ0v) is 15.3. The number of nitrogens with zero attached hydrogens (tertiary/aromatic N) is 5. The average Bonchev–Trinajstić information content (AvgIpc) is 3.17. The van der Waals surface area contributed by atoms with Gasteiger partial charge in [0.2, 0.25) is 0 Å². The first kappa shape index (κ1) is 17.6. The molecule has 3 heterocycles. The Morgan fingerprint density at radius 3 is 2.68 bits per heavy atom. The molecule has 8 nitrogen and oxygen atoms in total. The van der Waals surface area contributed by atoms with Crippen molar-refractivity contribution >= 4 is 22.6 Å². The second kappa shape index (κ2) is 7.83. The average molecular weight is 373 g/mol. The van der Waals surface area contributed by atoms with Gasteiger partial charge in [0.25, 0.3) is 5.91 Å². The van der Waals surface area contributed by atoms with Gasteiger partial charge in [0, 0.05) is 24.7 Å². The topological polar surface area (TPSA) is 97.6 Å². The van der Waals surface area contributed by atoms with E-state index in [0.717, 1.165) is 16.6 Å². The predicted molar refractivity (Wildman–Crippen MR) is 106 cm³/mol. The number of benzene rings is 1. The Morgan fingerprint density at radius 1 is 1.00 bits per heavy atom. The molecule has 0 aliphatic rings. The summed E-state index contributed by atoms with van der Waals surface area (Å²) in [4.78, 5) is 16.7. The minimum Gasteiger partial charge on any atom is -0.367 e. The van der Waals surface area contributed by atoms with Crippen molar-refractivity contribution in [2.24, 2.45) is 0 Å². The molecule has 0 spiro atoms. The van der Waals surface area contributed by atoms with E-state index in [-0.39, 0.29) is 5.91 Å². The number of amides is 1. The summed E-state index contributed by atoms with van der Waals surface area (Å²) in [6.07, 6.45) is 1.84. The summed E-state index contributed by atoms with van der Waals surface area (Å²) in [7, 11) is 0. The van der Waals surface area contributed by atoms with Crippen molar-refractivity contribution < 1.29 is 4.79 Å². The smallest absolute Gasteiger partial charge is 0.269 e. The van der Waals surface area contributed by atoms with Crippen molar-refractivity contribution in [2.75, 3.05) is 18.4 Å². The summed E-state index contributed by atoms with van der Waals surface area (Å²) in [6, 6.07) is 16.9. The van der Waals surface area contributed by atoms with Gasteiger partial charge >= 0.3 is 0 Å². The Labute approximate surface area is 161 Å². The largest absolute Gasteiger partial charge is 0.367 e. The number of hydrogen-bond donors (Lipinski definition) is 2. The minimum atomic E-state index is -0.206. The first-order valence-corrected chi connectivity index (χ1v) is 8.93. The third-order valence-corrected chi connectivity index (χ3v) is 4.16. The van der Waals surface area contributed by atoms with Crippen LogP contribution in [0.5, 0.6) is 0 Å². The fourth-order valence-electron chi connectivity index (χ4n) is 2.73. The number of para-hydroxylation sites is 1. The van der Waals surface area contributed by atoms with Gasteiger partial charge in [-0.3, -0.25) is 4.79 Å². The van der Waals surface area contributed by atoms with Gasteiger partial charge in [-0.15, -0.1) is 10.2 Å². The molecule has 0 saturated carbocycles. The van der Waals surface area contributed by atoms with Gasteiger partial charge in [-0.2, -0.15) is 5.10 Å². The molecule has 28 heavy (non-hydrogen) atoms. The number of rotatable bonds is 6. The zero-order valence-electron chi connectivity index (χ0n) is 15.3. The lowest BCUT2D eigenvalue weighted by Gasteiger charge is -2.08. The maximum atomic E-state index is 12.3. The van der Waals surface area contributed by atoms with Crippen LogP contribution >= 0.6 is 0 Å². The Morgan fingerprint density at radius 2 is 1.89 bits per heavy atom. The molecule has 1 aromatic carbocycles. The summed E-state index contributed by atoms with van der Waals surface area (Å²) in [5.41, 5.74) is 2.12. The maximum absolute atomic E-state index is 12.3. The highest BCUT2D eigenvalue weighted by atomic mass is 16.1. The van der Waals surface area contributed by atoms with E-state index in [4.69, 9.17) is 0 Å². The molecule has 3 aromatic heterocycles. The van der Waals surface area contributed by atoms with Crippen LogP contribution in [0.3, 0.4) is 0 Å². The number of pyridine rings is 1. The zero-order chi connectivity index (χ0) is 19.3. The summed E-state index contributed by atoms with van der Waals surface area (Å²) in [5, 5.41) is 19.5. The van der Waals surface area contributed by atoms with Crippen LogP contribution in [-0.4, -0.2) is 44.0 Å². The van der Waals surface area contributed by atoms with Crippen LogP contribution in [0, 0.1) is 6.92 Å². The molecule has 0 radical (unpaired) electrons. The summed E-state index contributed by atoms with van der Waals surface area (Å²) < 4.78 is 1.67. The van der Waals surface area contributed by atoms with E-state index in [0.29, 0.717) is 30.4 Å². The van der Waals surface area contributed by atoms with Crippen molar-refractivity contribution in [3.8, 4) is 5.82 Å². The Kier molecular flexibility index (Phi) is 4.92. The number of carbonyl (C=O) groups excluding carboxylic acids is 1. The summed E-state index contributed by atoms with van der Waals surface area (Å²) >= 11 is 0. The predicted octanol–water partition coefficient (Wildman–Crippen LogP) is 2.36. The van der Waals surface area contributed by atoms with Crippen molar-refractivity contribution in [3.63, 3.8) is 0 Å². The van der Waals surface area contributed by atoms with Gasteiger partial charge in [-0.25, -0.2) is 9.67 Å². The molecule has 140 valence electrons. The number of aromatic nitrogens is 5. The molecule has 0 aliphatic heterocycles. The number of carbonyl (C=O) groups is 1. The maximum Gasteiger partial charge on any atom is 0.269 e. The number of fused-ring (bicyclic) bond motifs is 1. The van der Waals surface area contributed by atoms with Gasteiger partial charge in [0.15, 0.2) is 5.82 Å². The third kappa shape index (κ3) is 3.96. The van der Waals surface area contributed by atoms with Crippen molar-refractivity contribution in [3.05, 3.63) is 72.2 Å². The van der Waals surface area contributed by atoms with Gasteiger partial charge in [0.1, 0.15) is 11.5 Å². The monoisotopic (exact) mass is 373 g/mol. The number of aryl methyl sites for hydroxylation is 1. The highest BCUT2D eigenvalue weighted by molar-refractivity contribution is 5.94. The van der Waals surface area contributed by atoms with Crippen molar-refractivity contribution in [1.82, 2.24) is 30.3 Å². The lowest BCUT2D eigenvalue weighted by Crippen LogP contribution is -2.29. The van der Waals surface area contributed by atoms with Crippen LogP contribution in [0.25, 0.3) is 16.7 Å². The molecule has 2 N–H and O–H groups in total. The normalized spacial score (nSPS) is 10.8. The van der Waals surface area contributed by atoms with Crippen LogP contribution in [0.2, 0.25) is 0 Å². The van der Waals surface area contributed by atoms with Crippen LogP contribution < -0.4 is 10.6 Å². The van der Waals surface area contributed by atoms with E-state index < -0.39 is 0 Å². The Hall–Kier alpha value is -3.81. The number of nitrogens with one attached hydrogen (secondary N) is 2. The molecule has 0 unspecified atom stereocenters. The molecule has 0 atom stereocenters. The molecule has 4 aromatic rings. The molecule has 4 rings (SSSR count). The molecule has 1 amide bonds. The number of hydrogen-bond acceptors (Lipinski definition) is 6. The first-order chi connectivity index (χ1) is 13.7. The van der Waals surface area contributed by atoms with Crippen LogP contribution in [-0.2, 0) is 0 Å². The molecule has 0 aliphatic carbocycles. The lowest BCUT2D eigenvalue weighted by atomic mass is 10.2. The summed E-state index contributed by atoms with van der Waals surface area (Å²) in [5.74, 6) is 1.07. The fourth-order valence-corrected chi connectivity index (χ4v) is 2.73. The van der Waals surface area contributed by atoms with Crippen molar-refractivity contribution in [1.29, 1.82) is 0 Å². The van der Waals surface area contributed by atoms with E-state index in [2.05, 4.69) is 30.9 Å². The van der Waals surface area contributed by atoms with E-state index in [9.17, 15) is 4.79 Å². The van der Waals surface area contributed by atoms with E-state index in [1.165, 1.54) is 0 Å². The highest BCUT2D eigenvalue weighted by Gasteiger charge is 2.07. The second-order valence-electron chi connectivity index (χ2n) is 6.25. The third-order valence-electron chi connectivity index (χ3n) is 4.16. The number of anilines is 1. The second-order valence-corrected chi connectivity index (χ2v) is 6.25. The standard InChI is InChI=1S/C20H19N7O/c1-14-10-13-27(26-14)19-9-8-18(24-25-19)21-11-12-22-20(28)17-7-6-15-4-2-3-5-16(15)23-17/h2-10,13H,11-12H2,1H3,(H,21,24)(H,22,28). The molecular formula is C20H19N7O. The van der Waals surface area contributed by atoms with Crippen LogP contribution in [0.1, 0.15) is 16.2 Å². The molecule has 8 heteroatoms. The van der Waals surface area contributed by atoms with Crippen LogP contribution in [0.15, 0.2) is 60.8 Å². The van der Waals surface area contributed by atoms with Crippen LogP contribution in [0.4, 0.5) is 5.82 Å². The lowest BCUT2D eigenvalue weighted by molar-refractivity contribution is 0.0950. The molecule has 0 bridgehead atoms. The Balaban J connectivity index is 1.28.